The van der Waals surface area contributed by atoms with Gasteiger partial charge in [0.1, 0.15) is 0 Å². The van der Waals surface area contributed by atoms with E-state index in [2.05, 4.69) is 5.43 Å². The first-order valence-electron chi connectivity index (χ1n) is 5.56. The van der Waals surface area contributed by atoms with Gasteiger partial charge in [-0.25, -0.2) is 0 Å². The van der Waals surface area contributed by atoms with Crippen molar-refractivity contribution < 1.29 is 0 Å². The molecule has 1 unspecified atom stereocenters. The molecule has 0 aliphatic heterocycles. The van der Waals surface area contributed by atoms with Crippen molar-refractivity contribution in [2.24, 2.45) is 5.84 Å². The maximum Gasteiger partial charge on any atom is 0.0608 e. The molecule has 0 radical (unpaired) electrons. The molecule has 18 heavy (non-hydrogen) atoms. The van der Waals surface area contributed by atoms with Crippen LogP contribution >= 0.6 is 34.5 Å². The SMILES string of the molecule is Cc1csc(C(Cc2cccc(Cl)c2)NN)c1Cl. The van der Waals surface area contributed by atoms with E-state index in [-0.39, 0.29) is 6.04 Å². The van der Waals surface area contributed by atoms with Gasteiger partial charge in [-0.1, -0.05) is 35.3 Å². The van der Waals surface area contributed by atoms with Crippen LogP contribution in [0, 0.1) is 6.92 Å². The van der Waals surface area contributed by atoms with Gasteiger partial charge in [-0.05, 0) is 42.0 Å². The number of hydrazine groups is 1. The molecule has 0 aliphatic carbocycles. The Bertz CT molecular complexity index is 540. The quantitative estimate of drug-likeness (QED) is 0.659. The molecule has 5 heteroatoms. The Morgan fingerprint density at radius 3 is 2.72 bits per heavy atom. The number of nitrogens with two attached hydrogens (primary N) is 1. The van der Waals surface area contributed by atoms with Crippen molar-refractivity contribution in [1.29, 1.82) is 0 Å². The van der Waals surface area contributed by atoms with Crippen LogP contribution in [0.3, 0.4) is 0 Å². The summed E-state index contributed by atoms with van der Waals surface area (Å²) >= 11 is 13.9. The van der Waals surface area contributed by atoms with Gasteiger partial charge in [0.15, 0.2) is 0 Å². The number of hydrogen-bond acceptors (Lipinski definition) is 3. The topological polar surface area (TPSA) is 38.0 Å². The van der Waals surface area contributed by atoms with Crippen LogP contribution in [-0.2, 0) is 6.42 Å². The van der Waals surface area contributed by atoms with Gasteiger partial charge < -0.3 is 0 Å². The first-order valence-corrected chi connectivity index (χ1v) is 7.19. The lowest BCUT2D eigenvalue weighted by molar-refractivity contribution is 0.560. The molecule has 2 nitrogen and oxygen atoms in total. The van der Waals surface area contributed by atoms with Gasteiger partial charge in [0.2, 0.25) is 0 Å². The highest BCUT2D eigenvalue weighted by molar-refractivity contribution is 7.10. The van der Waals surface area contributed by atoms with Crippen LogP contribution in [0.2, 0.25) is 10.0 Å². The highest BCUT2D eigenvalue weighted by atomic mass is 35.5. The van der Waals surface area contributed by atoms with Gasteiger partial charge in [0.25, 0.3) is 0 Å². The van der Waals surface area contributed by atoms with E-state index >= 15 is 0 Å². The molecular formula is C13H14Cl2N2S. The molecule has 2 rings (SSSR count). The predicted molar refractivity (Wildman–Crippen MR) is 79.3 cm³/mol. The van der Waals surface area contributed by atoms with Crippen molar-refractivity contribution in [3.8, 4) is 0 Å². The molecule has 0 aliphatic rings. The number of thiophene rings is 1. The summed E-state index contributed by atoms with van der Waals surface area (Å²) in [5, 5.41) is 3.57. The fourth-order valence-electron chi connectivity index (χ4n) is 1.81. The monoisotopic (exact) mass is 300 g/mol. The Morgan fingerprint density at radius 2 is 2.17 bits per heavy atom. The van der Waals surface area contributed by atoms with E-state index in [1.165, 1.54) is 0 Å². The highest BCUT2D eigenvalue weighted by Gasteiger charge is 2.17. The van der Waals surface area contributed by atoms with E-state index < -0.39 is 0 Å². The minimum Gasteiger partial charge on any atom is -0.271 e. The number of benzene rings is 1. The van der Waals surface area contributed by atoms with Crippen molar-refractivity contribution in [1.82, 2.24) is 5.43 Å². The van der Waals surface area contributed by atoms with Crippen molar-refractivity contribution in [2.45, 2.75) is 19.4 Å². The van der Waals surface area contributed by atoms with Crippen LogP contribution in [0.4, 0.5) is 0 Å². The van der Waals surface area contributed by atoms with E-state index in [0.717, 1.165) is 32.5 Å². The van der Waals surface area contributed by atoms with Gasteiger partial charge in [-0.15, -0.1) is 11.3 Å². The van der Waals surface area contributed by atoms with Crippen LogP contribution in [0.25, 0.3) is 0 Å². The zero-order valence-corrected chi connectivity index (χ0v) is 12.2. The Kier molecular flexibility index (Phi) is 4.65. The molecule has 3 N–H and O–H groups in total. The maximum atomic E-state index is 6.27. The largest absolute Gasteiger partial charge is 0.271 e. The average Bonchev–Trinajstić information content (AvgIpc) is 2.67. The normalized spacial score (nSPS) is 12.7. The number of aryl methyl sites for hydroxylation is 1. The van der Waals surface area contributed by atoms with Gasteiger partial charge in [0.05, 0.1) is 11.1 Å². The molecule has 1 aromatic carbocycles. The van der Waals surface area contributed by atoms with Crippen LogP contribution < -0.4 is 11.3 Å². The van der Waals surface area contributed by atoms with E-state index in [4.69, 9.17) is 29.0 Å². The summed E-state index contributed by atoms with van der Waals surface area (Å²) in [6.07, 6.45) is 0.761. The van der Waals surface area contributed by atoms with Gasteiger partial charge in [-0.3, -0.25) is 11.3 Å². The van der Waals surface area contributed by atoms with Crippen LogP contribution in [0.1, 0.15) is 22.0 Å². The third-order valence-electron chi connectivity index (χ3n) is 2.77. The number of halogens is 2. The van der Waals surface area contributed by atoms with Crippen LogP contribution in [0.5, 0.6) is 0 Å². The molecule has 0 bridgehead atoms. The Labute approximate surface area is 121 Å². The van der Waals surface area contributed by atoms with Crippen molar-refractivity contribution in [3.63, 3.8) is 0 Å². The summed E-state index contributed by atoms with van der Waals surface area (Å²) in [6.45, 7) is 2.00. The molecule has 0 saturated carbocycles. The summed E-state index contributed by atoms with van der Waals surface area (Å²) in [7, 11) is 0. The highest BCUT2D eigenvalue weighted by Crippen LogP contribution is 2.33. The molecular weight excluding hydrogens is 287 g/mol. The zero-order valence-electron chi connectivity index (χ0n) is 9.91. The average molecular weight is 301 g/mol. The molecule has 0 amide bonds. The minimum atomic E-state index is 0.00895. The second-order valence-corrected chi connectivity index (χ2v) is 5.88. The molecule has 0 spiro atoms. The fourth-order valence-corrected chi connectivity index (χ4v) is 3.41. The lowest BCUT2D eigenvalue weighted by atomic mass is 10.0. The first-order chi connectivity index (χ1) is 8.61. The Hall–Kier alpha value is -0.580. The summed E-state index contributed by atoms with van der Waals surface area (Å²) < 4.78 is 0. The van der Waals surface area contributed by atoms with E-state index in [0.29, 0.717) is 0 Å². The molecule has 0 saturated heterocycles. The second kappa shape index (κ2) is 6.04. The molecule has 0 fully saturated rings. The number of hydrogen-bond donors (Lipinski definition) is 2. The summed E-state index contributed by atoms with van der Waals surface area (Å²) in [5.41, 5.74) is 5.04. The minimum absolute atomic E-state index is 0.00895. The standard InChI is InChI=1S/C13H14Cl2N2S/c1-8-7-18-13(12(8)15)11(17-16)6-9-3-2-4-10(14)5-9/h2-5,7,11,17H,6,16H2,1H3. The smallest absolute Gasteiger partial charge is 0.0608 e. The van der Waals surface area contributed by atoms with Gasteiger partial charge >= 0.3 is 0 Å². The van der Waals surface area contributed by atoms with E-state index in [9.17, 15) is 0 Å². The second-order valence-electron chi connectivity index (χ2n) is 4.15. The molecule has 1 aromatic heterocycles. The van der Waals surface area contributed by atoms with E-state index in [1.54, 1.807) is 11.3 Å². The molecule has 1 heterocycles. The Balaban J connectivity index is 2.22. The molecule has 96 valence electrons. The zero-order chi connectivity index (χ0) is 13.1. The predicted octanol–water partition coefficient (Wildman–Crippen LogP) is 4.11. The van der Waals surface area contributed by atoms with Crippen molar-refractivity contribution in [2.75, 3.05) is 0 Å². The van der Waals surface area contributed by atoms with Crippen LogP contribution in [-0.4, -0.2) is 0 Å². The van der Waals surface area contributed by atoms with Gasteiger partial charge in [-0.2, -0.15) is 0 Å². The van der Waals surface area contributed by atoms with Crippen LogP contribution in [0.15, 0.2) is 29.6 Å². The summed E-state index contributed by atoms with van der Waals surface area (Å²) in [4.78, 5) is 1.07. The molecule has 1 atom stereocenters. The Morgan fingerprint density at radius 1 is 1.39 bits per heavy atom. The third-order valence-corrected chi connectivity index (χ3v) is 4.83. The number of nitrogens with one attached hydrogen (secondary N) is 1. The van der Waals surface area contributed by atoms with Crippen molar-refractivity contribution in [3.05, 3.63) is 55.7 Å². The summed E-state index contributed by atoms with van der Waals surface area (Å²) in [6, 6.07) is 7.78. The maximum absolute atomic E-state index is 6.27. The third kappa shape index (κ3) is 3.05. The first kappa shape index (κ1) is 13.8. The molecule has 2 aromatic rings. The number of rotatable bonds is 4. The fraction of sp³-hybridized carbons (Fsp3) is 0.231. The van der Waals surface area contributed by atoms with E-state index in [1.807, 2.05) is 36.6 Å². The van der Waals surface area contributed by atoms with Gasteiger partial charge in [0, 0.05) is 9.90 Å². The van der Waals surface area contributed by atoms with Crippen molar-refractivity contribution >= 4 is 34.5 Å². The lowest BCUT2D eigenvalue weighted by Crippen LogP contribution is -2.29. The lowest BCUT2D eigenvalue weighted by Gasteiger charge is -2.15. The summed E-state index contributed by atoms with van der Waals surface area (Å²) in [5.74, 6) is 5.63.